The summed E-state index contributed by atoms with van der Waals surface area (Å²) in [5, 5.41) is 9.30. The molecule has 0 radical (unpaired) electrons. The van der Waals surface area contributed by atoms with Gasteiger partial charge < -0.3 is 4.90 Å². The molecular weight excluding hydrogens is 324 g/mol. The van der Waals surface area contributed by atoms with Gasteiger partial charge in [0, 0.05) is 18.5 Å². The van der Waals surface area contributed by atoms with Crippen LogP contribution in [0, 0.1) is 17.2 Å². The summed E-state index contributed by atoms with van der Waals surface area (Å²) in [7, 11) is 1.64. The minimum atomic E-state index is -0.189. The van der Waals surface area contributed by atoms with Gasteiger partial charge in [-0.1, -0.05) is 6.92 Å². The van der Waals surface area contributed by atoms with Gasteiger partial charge in [-0.3, -0.25) is 14.2 Å². The number of fused-ring (bicyclic) bond motifs is 3. The molecule has 1 unspecified atom stereocenters. The zero-order chi connectivity index (χ0) is 17.3. The molecule has 0 saturated carbocycles. The van der Waals surface area contributed by atoms with Gasteiger partial charge in [0.05, 0.1) is 24.2 Å². The second-order valence-corrected chi connectivity index (χ2v) is 7.52. The van der Waals surface area contributed by atoms with Crippen molar-refractivity contribution >= 4 is 27.5 Å². The predicted molar refractivity (Wildman–Crippen MR) is 92.9 cm³/mol. The van der Waals surface area contributed by atoms with Crippen LogP contribution in [-0.2, 0) is 24.2 Å². The van der Waals surface area contributed by atoms with E-state index >= 15 is 0 Å². The Bertz CT molecular complexity index is 877. The van der Waals surface area contributed by atoms with Crippen molar-refractivity contribution in [3.8, 4) is 6.07 Å². The van der Waals surface area contributed by atoms with Gasteiger partial charge in [-0.05, 0) is 30.7 Å². The SMILES string of the molecule is CC1CCc2c(sc3ncn(CC(=O)N(C)CCC#N)c(=O)c23)C1. The normalized spacial score (nSPS) is 16.6. The Kier molecular flexibility index (Phi) is 4.67. The first-order chi connectivity index (χ1) is 11.5. The highest BCUT2D eigenvalue weighted by atomic mass is 32.1. The zero-order valence-corrected chi connectivity index (χ0v) is 14.7. The molecule has 0 aliphatic heterocycles. The lowest BCUT2D eigenvalue weighted by atomic mass is 9.89. The molecular formula is C17H20N4O2S. The molecule has 0 N–H and O–H groups in total. The molecule has 7 heteroatoms. The van der Waals surface area contributed by atoms with E-state index in [1.54, 1.807) is 18.4 Å². The molecule has 1 aliphatic carbocycles. The molecule has 6 nitrogen and oxygen atoms in total. The average molecular weight is 344 g/mol. The van der Waals surface area contributed by atoms with E-state index in [1.807, 2.05) is 6.07 Å². The molecule has 2 aromatic heterocycles. The van der Waals surface area contributed by atoms with Crippen LogP contribution in [-0.4, -0.2) is 34.0 Å². The van der Waals surface area contributed by atoms with Gasteiger partial charge in [-0.25, -0.2) is 4.98 Å². The van der Waals surface area contributed by atoms with Crippen molar-refractivity contribution in [3.05, 3.63) is 27.1 Å². The third-order valence-electron chi connectivity index (χ3n) is 4.57. The van der Waals surface area contributed by atoms with Crippen LogP contribution < -0.4 is 5.56 Å². The standard InChI is InChI=1S/C17H20N4O2S/c1-11-4-5-12-13(8-11)24-16-15(12)17(23)21(10-19-16)9-14(22)20(2)7-3-6-18/h10-11H,3-5,7-9H2,1-2H3. The van der Waals surface area contributed by atoms with Crippen LogP contribution in [0.25, 0.3) is 10.2 Å². The summed E-state index contributed by atoms with van der Waals surface area (Å²) in [6.45, 7) is 2.56. The predicted octanol–water partition coefficient (Wildman–Crippen LogP) is 1.95. The van der Waals surface area contributed by atoms with Crippen LogP contribution in [0.3, 0.4) is 0 Å². The summed E-state index contributed by atoms with van der Waals surface area (Å²) in [5.74, 6) is 0.453. The van der Waals surface area contributed by atoms with Gasteiger partial charge in [0.2, 0.25) is 5.91 Å². The number of amides is 1. The maximum absolute atomic E-state index is 12.8. The van der Waals surface area contributed by atoms with E-state index in [4.69, 9.17) is 5.26 Å². The Morgan fingerprint density at radius 1 is 1.58 bits per heavy atom. The van der Waals surface area contributed by atoms with Crippen molar-refractivity contribution in [2.45, 2.75) is 39.2 Å². The fourth-order valence-corrected chi connectivity index (χ4v) is 4.43. The number of carbonyl (C=O) groups excluding carboxylic acids is 1. The summed E-state index contributed by atoms with van der Waals surface area (Å²) in [4.78, 5) is 33.0. The molecule has 2 heterocycles. The fourth-order valence-electron chi connectivity index (χ4n) is 3.09. The summed E-state index contributed by atoms with van der Waals surface area (Å²) in [5.41, 5.74) is 0.999. The first-order valence-electron chi connectivity index (χ1n) is 8.12. The Hall–Kier alpha value is -2.20. The van der Waals surface area contributed by atoms with E-state index in [1.165, 1.54) is 20.7 Å². The van der Waals surface area contributed by atoms with E-state index in [2.05, 4.69) is 11.9 Å². The molecule has 1 aliphatic rings. The fraction of sp³-hybridized carbons (Fsp3) is 0.529. The summed E-state index contributed by atoms with van der Waals surface area (Å²) < 4.78 is 1.39. The highest BCUT2D eigenvalue weighted by Gasteiger charge is 2.23. The Morgan fingerprint density at radius 2 is 2.38 bits per heavy atom. The molecule has 0 fully saturated rings. The third kappa shape index (κ3) is 3.06. The lowest BCUT2D eigenvalue weighted by Crippen LogP contribution is -2.34. The quantitative estimate of drug-likeness (QED) is 0.849. The number of rotatable bonds is 4. The number of aryl methyl sites for hydroxylation is 1. The topological polar surface area (TPSA) is 79.0 Å². The zero-order valence-electron chi connectivity index (χ0n) is 13.9. The highest BCUT2D eigenvalue weighted by Crippen LogP contribution is 2.35. The Morgan fingerprint density at radius 3 is 3.12 bits per heavy atom. The van der Waals surface area contributed by atoms with E-state index in [-0.39, 0.29) is 24.4 Å². The first kappa shape index (κ1) is 16.7. The molecule has 2 aromatic rings. The number of thiophene rings is 1. The maximum atomic E-state index is 12.8. The van der Waals surface area contributed by atoms with Gasteiger partial charge in [0.1, 0.15) is 11.4 Å². The van der Waals surface area contributed by atoms with Crippen LogP contribution in [0.15, 0.2) is 11.1 Å². The average Bonchev–Trinajstić information content (AvgIpc) is 2.93. The second kappa shape index (κ2) is 6.73. The van der Waals surface area contributed by atoms with Crippen LogP contribution in [0.1, 0.15) is 30.2 Å². The lowest BCUT2D eigenvalue weighted by Gasteiger charge is -2.18. The van der Waals surface area contributed by atoms with Gasteiger partial charge >= 0.3 is 0 Å². The minimum absolute atomic E-state index is 0.0370. The second-order valence-electron chi connectivity index (χ2n) is 6.43. The van der Waals surface area contributed by atoms with Crippen molar-refractivity contribution in [2.24, 2.45) is 5.92 Å². The van der Waals surface area contributed by atoms with Crippen LogP contribution in [0.5, 0.6) is 0 Å². The summed E-state index contributed by atoms with van der Waals surface area (Å²) >= 11 is 1.61. The Labute approximate surface area is 144 Å². The van der Waals surface area contributed by atoms with Gasteiger partial charge in [-0.15, -0.1) is 11.3 Å². The molecule has 24 heavy (non-hydrogen) atoms. The van der Waals surface area contributed by atoms with Gasteiger partial charge in [0.15, 0.2) is 0 Å². The minimum Gasteiger partial charge on any atom is -0.343 e. The largest absolute Gasteiger partial charge is 0.343 e. The van der Waals surface area contributed by atoms with Crippen LogP contribution >= 0.6 is 11.3 Å². The van der Waals surface area contributed by atoms with Crippen molar-refractivity contribution < 1.29 is 4.79 Å². The monoisotopic (exact) mass is 344 g/mol. The third-order valence-corrected chi connectivity index (χ3v) is 5.73. The Balaban J connectivity index is 1.91. The van der Waals surface area contributed by atoms with Crippen molar-refractivity contribution in [1.29, 1.82) is 5.26 Å². The number of likely N-dealkylation sites (N-methyl/N-ethyl adjacent to an activating group) is 1. The summed E-state index contributed by atoms with van der Waals surface area (Å²) in [6.07, 6.45) is 4.75. The number of nitriles is 1. The van der Waals surface area contributed by atoms with Crippen molar-refractivity contribution in [2.75, 3.05) is 13.6 Å². The summed E-state index contributed by atoms with van der Waals surface area (Å²) in [6, 6.07) is 2.01. The van der Waals surface area contributed by atoms with E-state index < -0.39 is 0 Å². The van der Waals surface area contributed by atoms with Gasteiger partial charge in [0.25, 0.3) is 5.56 Å². The number of hydrogen-bond acceptors (Lipinski definition) is 5. The van der Waals surface area contributed by atoms with E-state index in [0.717, 1.165) is 29.7 Å². The molecule has 0 aromatic carbocycles. The molecule has 3 rings (SSSR count). The molecule has 1 atom stereocenters. The smallest absolute Gasteiger partial charge is 0.262 e. The van der Waals surface area contributed by atoms with Crippen molar-refractivity contribution in [1.82, 2.24) is 14.5 Å². The number of hydrogen-bond donors (Lipinski definition) is 0. The molecule has 126 valence electrons. The van der Waals surface area contributed by atoms with Gasteiger partial charge in [-0.2, -0.15) is 5.26 Å². The molecule has 0 bridgehead atoms. The first-order valence-corrected chi connectivity index (χ1v) is 8.93. The van der Waals surface area contributed by atoms with E-state index in [0.29, 0.717) is 17.8 Å². The van der Waals surface area contributed by atoms with Crippen LogP contribution in [0.4, 0.5) is 0 Å². The van der Waals surface area contributed by atoms with Crippen LogP contribution in [0.2, 0.25) is 0 Å². The molecule has 1 amide bonds. The maximum Gasteiger partial charge on any atom is 0.262 e. The molecule has 0 saturated heterocycles. The number of carbonyl (C=O) groups is 1. The van der Waals surface area contributed by atoms with E-state index in [9.17, 15) is 9.59 Å². The lowest BCUT2D eigenvalue weighted by molar-refractivity contribution is -0.130. The number of aromatic nitrogens is 2. The number of nitrogens with zero attached hydrogens (tertiary/aromatic N) is 4. The highest BCUT2D eigenvalue weighted by molar-refractivity contribution is 7.18. The van der Waals surface area contributed by atoms with Crippen molar-refractivity contribution in [3.63, 3.8) is 0 Å². The molecule has 0 spiro atoms.